The van der Waals surface area contributed by atoms with Crippen molar-refractivity contribution < 1.29 is 18.7 Å². The first-order valence-corrected chi connectivity index (χ1v) is 8.20. The topological polar surface area (TPSA) is 59.8 Å². The highest BCUT2D eigenvalue weighted by molar-refractivity contribution is 6.30. The van der Waals surface area contributed by atoms with E-state index in [1.54, 1.807) is 42.2 Å². The summed E-state index contributed by atoms with van der Waals surface area (Å²) in [7, 11) is 1.33. The molecule has 1 aromatic heterocycles. The van der Waals surface area contributed by atoms with E-state index < -0.39 is 5.92 Å². The number of methoxy groups -OCH3 is 1. The summed E-state index contributed by atoms with van der Waals surface area (Å²) in [5.41, 5.74) is 0.918. The van der Waals surface area contributed by atoms with Gasteiger partial charge in [-0.3, -0.25) is 9.59 Å². The maximum atomic E-state index is 12.6. The number of hydrogen-bond acceptors (Lipinski definition) is 4. The van der Waals surface area contributed by atoms with Crippen LogP contribution in [0.25, 0.3) is 6.08 Å². The van der Waals surface area contributed by atoms with Gasteiger partial charge in [-0.2, -0.15) is 0 Å². The Morgan fingerprint density at radius 3 is 2.60 bits per heavy atom. The minimum atomic E-state index is -0.432. The normalized spacial score (nSPS) is 12.1. The molecular formula is C19H20ClNO4. The van der Waals surface area contributed by atoms with E-state index in [4.69, 9.17) is 20.8 Å². The molecule has 1 heterocycles. The fraction of sp³-hybridized carbons (Fsp3) is 0.263. The van der Waals surface area contributed by atoms with Gasteiger partial charge in [-0.05, 0) is 35.9 Å². The molecule has 132 valence electrons. The first-order valence-electron chi connectivity index (χ1n) is 7.82. The highest BCUT2D eigenvalue weighted by atomic mass is 35.5. The number of hydrogen-bond donors (Lipinski definition) is 0. The number of rotatable bonds is 7. The van der Waals surface area contributed by atoms with E-state index in [0.29, 0.717) is 17.3 Å². The highest BCUT2D eigenvalue weighted by Crippen LogP contribution is 2.14. The second kappa shape index (κ2) is 9.08. The predicted octanol–water partition coefficient (Wildman–Crippen LogP) is 3.78. The molecule has 1 amide bonds. The third kappa shape index (κ3) is 5.80. The first kappa shape index (κ1) is 18.8. The predicted molar refractivity (Wildman–Crippen MR) is 95.8 cm³/mol. The fourth-order valence-electron chi connectivity index (χ4n) is 2.29. The first-order chi connectivity index (χ1) is 12.0. The average Bonchev–Trinajstić information content (AvgIpc) is 3.13. The lowest BCUT2D eigenvalue weighted by atomic mass is 10.1. The molecule has 25 heavy (non-hydrogen) atoms. The summed E-state index contributed by atoms with van der Waals surface area (Å²) in [5, 5.41) is 0.627. The lowest BCUT2D eigenvalue weighted by Crippen LogP contribution is -2.35. The second-order valence-electron chi connectivity index (χ2n) is 5.62. The molecule has 0 radical (unpaired) electrons. The third-order valence-corrected chi connectivity index (χ3v) is 3.88. The van der Waals surface area contributed by atoms with Crippen molar-refractivity contribution in [2.24, 2.45) is 5.92 Å². The average molecular weight is 362 g/mol. The maximum Gasteiger partial charge on any atom is 0.310 e. The summed E-state index contributed by atoms with van der Waals surface area (Å²) < 4.78 is 9.94. The van der Waals surface area contributed by atoms with Crippen molar-refractivity contribution >= 4 is 29.6 Å². The van der Waals surface area contributed by atoms with E-state index in [1.165, 1.54) is 19.4 Å². The van der Waals surface area contributed by atoms with Crippen LogP contribution < -0.4 is 0 Å². The van der Waals surface area contributed by atoms with E-state index in [0.717, 1.165) is 5.56 Å². The van der Waals surface area contributed by atoms with Crippen LogP contribution in [0.5, 0.6) is 0 Å². The van der Waals surface area contributed by atoms with Crippen LogP contribution >= 0.6 is 11.6 Å². The largest absolute Gasteiger partial charge is 0.469 e. The summed E-state index contributed by atoms with van der Waals surface area (Å²) in [6.45, 7) is 2.33. The monoisotopic (exact) mass is 361 g/mol. The molecule has 0 saturated heterocycles. The standard InChI is InChI=1S/C19H20ClNO4/c1-14(19(23)24-2)12-21(13-15-5-7-16(20)8-6-15)18(22)10-9-17-4-3-11-25-17/h3-11,14H,12-13H2,1-2H3/b10-9+. The van der Waals surface area contributed by atoms with Crippen molar-refractivity contribution in [2.75, 3.05) is 13.7 Å². The molecule has 0 aliphatic heterocycles. The van der Waals surface area contributed by atoms with Crippen LogP contribution in [0.15, 0.2) is 53.2 Å². The Hall–Kier alpha value is -2.53. The van der Waals surface area contributed by atoms with E-state index in [1.807, 2.05) is 12.1 Å². The molecule has 1 atom stereocenters. The molecule has 0 fully saturated rings. The molecule has 2 rings (SSSR count). The van der Waals surface area contributed by atoms with Crippen molar-refractivity contribution in [3.63, 3.8) is 0 Å². The van der Waals surface area contributed by atoms with Gasteiger partial charge in [-0.25, -0.2) is 0 Å². The quantitative estimate of drug-likeness (QED) is 0.556. The Kier molecular flexibility index (Phi) is 6.83. The molecule has 0 spiro atoms. The maximum absolute atomic E-state index is 12.6. The number of carbonyl (C=O) groups is 2. The minimum absolute atomic E-state index is 0.220. The number of carbonyl (C=O) groups excluding carboxylic acids is 2. The van der Waals surface area contributed by atoms with E-state index in [9.17, 15) is 9.59 Å². The zero-order valence-corrected chi connectivity index (χ0v) is 14.9. The molecule has 0 bridgehead atoms. The van der Waals surface area contributed by atoms with Crippen LogP contribution in [-0.2, 0) is 20.9 Å². The Balaban J connectivity index is 2.13. The fourth-order valence-corrected chi connectivity index (χ4v) is 2.42. The molecule has 0 aliphatic carbocycles. The van der Waals surface area contributed by atoms with Gasteiger partial charge in [-0.15, -0.1) is 0 Å². The molecule has 2 aromatic rings. The van der Waals surface area contributed by atoms with Crippen LogP contribution in [0.4, 0.5) is 0 Å². The van der Waals surface area contributed by atoms with Gasteiger partial charge in [-0.1, -0.05) is 30.7 Å². The number of nitrogens with zero attached hydrogens (tertiary/aromatic N) is 1. The van der Waals surface area contributed by atoms with Gasteiger partial charge in [0.2, 0.25) is 5.91 Å². The Labute approximate surface area is 151 Å². The van der Waals surface area contributed by atoms with Gasteiger partial charge in [0.25, 0.3) is 0 Å². The van der Waals surface area contributed by atoms with Crippen LogP contribution in [0, 0.1) is 5.92 Å². The van der Waals surface area contributed by atoms with Crippen molar-refractivity contribution in [3.05, 3.63) is 65.1 Å². The number of halogens is 1. The second-order valence-corrected chi connectivity index (χ2v) is 6.05. The molecule has 0 aliphatic rings. The van der Waals surface area contributed by atoms with E-state index >= 15 is 0 Å². The van der Waals surface area contributed by atoms with Crippen LogP contribution in [-0.4, -0.2) is 30.4 Å². The van der Waals surface area contributed by atoms with Crippen molar-refractivity contribution in [1.29, 1.82) is 0 Å². The molecule has 1 aromatic carbocycles. The van der Waals surface area contributed by atoms with Gasteiger partial charge in [0.15, 0.2) is 0 Å². The molecule has 0 N–H and O–H groups in total. The zero-order chi connectivity index (χ0) is 18.2. The van der Waals surface area contributed by atoms with Gasteiger partial charge in [0.1, 0.15) is 5.76 Å². The van der Waals surface area contributed by atoms with Crippen LogP contribution in [0.2, 0.25) is 5.02 Å². The molecule has 6 heteroatoms. The van der Waals surface area contributed by atoms with Crippen LogP contribution in [0.3, 0.4) is 0 Å². The van der Waals surface area contributed by atoms with Crippen molar-refractivity contribution in [3.8, 4) is 0 Å². The van der Waals surface area contributed by atoms with E-state index in [-0.39, 0.29) is 18.4 Å². The van der Waals surface area contributed by atoms with Crippen molar-refractivity contribution in [1.82, 2.24) is 4.90 Å². The summed E-state index contributed by atoms with van der Waals surface area (Å²) in [5.74, 6) is -0.426. The minimum Gasteiger partial charge on any atom is -0.469 e. The summed E-state index contributed by atoms with van der Waals surface area (Å²) in [6.07, 6.45) is 4.56. The number of esters is 1. The van der Waals surface area contributed by atoms with Crippen LogP contribution in [0.1, 0.15) is 18.2 Å². The molecule has 5 nitrogen and oxygen atoms in total. The lowest BCUT2D eigenvalue weighted by molar-refractivity contribution is -0.146. The molecular weight excluding hydrogens is 342 g/mol. The number of amides is 1. The van der Waals surface area contributed by atoms with Gasteiger partial charge >= 0.3 is 5.97 Å². The van der Waals surface area contributed by atoms with Crippen molar-refractivity contribution in [2.45, 2.75) is 13.5 Å². The van der Waals surface area contributed by atoms with Gasteiger partial charge in [0.05, 0.1) is 19.3 Å². The summed E-state index contributed by atoms with van der Waals surface area (Å²) >= 11 is 5.90. The Morgan fingerprint density at radius 1 is 1.28 bits per heavy atom. The van der Waals surface area contributed by atoms with E-state index in [2.05, 4.69) is 0 Å². The summed E-state index contributed by atoms with van der Waals surface area (Å²) in [4.78, 5) is 25.9. The van der Waals surface area contributed by atoms with Gasteiger partial charge in [0, 0.05) is 24.2 Å². The number of ether oxygens (including phenoxy) is 1. The van der Waals surface area contributed by atoms with Gasteiger partial charge < -0.3 is 14.1 Å². The summed E-state index contributed by atoms with van der Waals surface area (Å²) in [6, 6.07) is 10.7. The lowest BCUT2D eigenvalue weighted by Gasteiger charge is -2.24. The highest BCUT2D eigenvalue weighted by Gasteiger charge is 2.20. The molecule has 0 saturated carbocycles. The smallest absolute Gasteiger partial charge is 0.310 e. The third-order valence-electron chi connectivity index (χ3n) is 3.63. The Bertz CT molecular complexity index is 722. The number of furan rings is 1. The number of benzene rings is 1. The zero-order valence-electron chi connectivity index (χ0n) is 14.1. The Morgan fingerprint density at radius 2 is 2.00 bits per heavy atom. The molecule has 1 unspecified atom stereocenters. The SMILES string of the molecule is COC(=O)C(C)CN(Cc1ccc(Cl)cc1)C(=O)/C=C/c1ccco1.